The summed E-state index contributed by atoms with van der Waals surface area (Å²) in [5.74, 6) is 2.67. The average Bonchev–Trinajstić information content (AvgIpc) is 2.28. The molecule has 0 aliphatic carbocycles. The molecule has 16 heavy (non-hydrogen) atoms. The van der Waals surface area contributed by atoms with Gasteiger partial charge in [0.25, 0.3) is 0 Å². The Hall–Kier alpha value is -0.970. The lowest BCUT2D eigenvalue weighted by molar-refractivity contribution is 0.530. The van der Waals surface area contributed by atoms with Crippen molar-refractivity contribution in [1.29, 1.82) is 0 Å². The quantitative estimate of drug-likeness (QED) is 0.606. The second kappa shape index (κ2) is 6.58. The van der Waals surface area contributed by atoms with Crippen molar-refractivity contribution >= 4 is 11.6 Å². The van der Waals surface area contributed by atoms with Crippen molar-refractivity contribution in [3.8, 4) is 12.3 Å². The summed E-state index contributed by atoms with van der Waals surface area (Å²) in [5.41, 5.74) is 2.54. The van der Waals surface area contributed by atoms with Gasteiger partial charge in [0.1, 0.15) is 0 Å². The summed E-state index contributed by atoms with van der Waals surface area (Å²) in [4.78, 5) is 0. The number of hydrogen-bond donors (Lipinski definition) is 1. The highest BCUT2D eigenvalue weighted by Gasteiger charge is 2.11. The summed E-state index contributed by atoms with van der Waals surface area (Å²) in [7, 11) is 1.97. The summed E-state index contributed by atoms with van der Waals surface area (Å²) in [6.45, 7) is 2.11. The van der Waals surface area contributed by atoms with Gasteiger partial charge in [0.05, 0.1) is 0 Å². The van der Waals surface area contributed by atoms with Crippen LogP contribution in [0, 0.1) is 19.3 Å². The van der Waals surface area contributed by atoms with E-state index in [0.29, 0.717) is 6.04 Å². The Morgan fingerprint density at radius 2 is 2.25 bits per heavy atom. The molecule has 1 aromatic carbocycles. The number of hydrogen-bond acceptors (Lipinski definition) is 1. The zero-order chi connectivity index (χ0) is 12.0. The maximum Gasteiger partial charge on any atom is 0.0409 e. The zero-order valence-corrected chi connectivity index (χ0v) is 10.6. The van der Waals surface area contributed by atoms with Crippen LogP contribution >= 0.6 is 11.6 Å². The van der Waals surface area contributed by atoms with Gasteiger partial charge in [-0.3, -0.25) is 0 Å². The molecular formula is C14H18ClN. The first kappa shape index (κ1) is 13.1. The monoisotopic (exact) mass is 235 g/mol. The van der Waals surface area contributed by atoms with Crippen LogP contribution in [0.25, 0.3) is 0 Å². The van der Waals surface area contributed by atoms with Crippen molar-refractivity contribution in [2.24, 2.45) is 0 Å². The van der Waals surface area contributed by atoms with Crippen LogP contribution in [0.4, 0.5) is 0 Å². The third-order valence-corrected chi connectivity index (χ3v) is 3.01. The van der Waals surface area contributed by atoms with Gasteiger partial charge in [-0.2, -0.15) is 0 Å². The van der Waals surface area contributed by atoms with Gasteiger partial charge in [0, 0.05) is 17.5 Å². The fraction of sp³-hybridized carbons (Fsp3) is 0.429. The first-order chi connectivity index (χ1) is 7.69. The number of aryl methyl sites for hydroxylation is 1. The van der Waals surface area contributed by atoms with E-state index in [0.717, 1.165) is 24.3 Å². The molecule has 0 saturated heterocycles. The molecular weight excluding hydrogens is 218 g/mol. The fourth-order valence-electron chi connectivity index (χ4n) is 1.85. The summed E-state index contributed by atoms with van der Waals surface area (Å²) in [6, 6.07) is 6.36. The Labute approximate surface area is 103 Å². The van der Waals surface area contributed by atoms with Crippen LogP contribution in [0.3, 0.4) is 0 Å². The van der Waals surface area contributed by atoms with Gasteiger partial charge in [-0.1, -0.05) is 17.7 Å². The lowest BCUT2D eigenvalue weighted by Gasteiger charge is -2.18. The van der Waals surface area contributed by atoms with Crippen LogP contribution in [0.15, 0.2) is 18.2 Å². The van der Waals surface area contributed by atoms with Crippen molar-refractivity contribution in [2.45, 2.75) is 32.2 Å². The molecule has 0 aliphatic rings. The van der Waals surface area contributed by atoms with Gasteiger partial charge < -0.3 is 5.32 Å². The number of halogens is 1. The van der Waals surface area contributed by atoms with Crippen molar-refractivity contribution in [2.75, 3.05) is 7.05 Å². The Morgan fingerprint density at radius 1 is 1.50 bits per heavy atom. The molecule has 1 N–H and O–H groups in total. The first-order valence-corrected chi connectivity index (χ1v) is 5.93. The summed E-state index contributed by atoms with van der Waals surface area (Å²) < 4.78 is 0. The molecule has 0 radical (unpaired) electrons. The highest BCUT2D eigenvalue weighted by molar-refractivity contribution is 6.30. The Kier molecular flexibility index (Phi) is 5.38. The molecule has 1 atom stereocenters. The smallest absolute Gasteiger partial charge is 0.0409 e. The molecule has 86 valence electrons. The largest absolute Gasteiger partial charge is 0.313 e. The average molecular weight is 236 g/mol. The normalized spacial score (nSPS) is 12.1. The molecule has 0 saturated carbocycles. The summed E-state index contributed by atoms with van der Waals surface area (Å²) >= 11 is 6.02. The first-order valence-electron chi connectivity index (χ1n) is 5.55. The van der Waals surface area contributed by atoms with Gasteiger partial charge in [-0.15, -0.1) is 12.3 Å². The van der Waals surface area contributed by atoms with E-state index in [1.807, 2.05) is 19.2 Å². The second-order valence-corrected chi connectivity index (χ2v) is 4.37. The topological polar surface area (TPSA) is 12.0 Å². The van der Waals surface area contributed by atoms with Gasteiger partial charge in [0.2, 0.25) is 0 Å². The van der Waals surface area contributed by atoms with Crippen molar-refractivity contribution in [3.05, 3.63) is 34.3 Å². The van der Waals surface area contributed by atoms with Crippen LogP contribution in [0.2, 0.25) is 5.02 Å². The molecule has 0 aliphatic heterocycles. The molecule has 0 aromatic heterocycles. The molecule has 0 amide bonds. The number of nitrogens with one attached hydrogen (secondary N) is 1. The molecule has 0 fully saturated rings. The molecule has 0 spiro atoms. The van der Waals surface area contributed by atoms with Gasteiger partial charge in [-0.05, 0) is 50.1 Å². The molecule has 1 unspecified atom stereocenters. The Balaban J connectivity index is 2.78. The van der Waals surface area contributed by atoms with E-state index in [4.69, 9.17) is 18.0 Å². The van der Waals surface area contributed by atoms with Crippen LogP contribution in [-0.2, 0) is 0 Å². The predicted octanol–water partition coefficient (Wildman–Crippen LogP) is 3.71. The number of rotatable bonds is 5. The van der Waals surface area contributed by atoms with E-state index < -0.39 is 0 Å². The fourth-order valence-corrected chi connectivity index (χ4v) is 2.03. The minimum atomic E-state index is 0.340. The molecule has 1 rings (SSSR count). The Bertz CT molecular complexity index is 379. The van der Waals surface area contributed by atoms with Crippen LogP contribution in [0.5, 0.6) is 0 Å². The number of unbranched alkanes of at least 4 members (excludes halogenated alkanes) is 1. The van der Waals surface area contributed by atoms with Gasteiger partial charge in [-0.25, -0.2) is 0 Å². The predicted molar refractivity (Wildman–Crippen MR) is 70.7 cm³/mol. The van der Waals surface area contributed by atoms with Crippen LogP contribution in [-0.4, -0.2) is 7.05 Å². The highest BCUT2D eigenvalue weighted by Crippen LogP contribution is 2.25. The highest BCUT2D eigenvalue weighted by atomic mass is 35.5. The van der Waals surface area contributed by atoms with Crippen molar-refractivity contribution < 1.29 is 0 Å². The molecule has 0 heterocycles. The number of benzene rings is 1. The molecule has 1 aromatic rings. The SMILES string of the molecule is C#CCCCC(NC)c1cc(Cl)ccc1C. The van der Waals surface area contributed by atoms with E-state index in [2.05, 4.69) is 24.2 Å². The zero-order valence-electron chi connectivity index (χ0n) is 9.89. The van der Waals surface area contributed by atoms with Gasteiger partial charge >= 0.3 is 0 Å². The summed E-state index contributed by atoms with van der Waals surface area (Å²) in [5, 5.41) is 4.11. The van der Waals surface area contributed by atoms with Crippen molar-refractivity contribution in [3.63, 3.8) is 0 Å². The lowest BCUT2D eigenvalue weighted by atomic mass is 9.97. The minimum absolute atomic E-state index is 0.340. The molecule has 1 nitrogen and oxygen atoms in total. The maximum atomic E-state index is 6.02. The molecule has 2 heteroatoms. The Morgan fingerprint density at radius 3 is 2.88 bits per heavy atom. The van der Waals surface area contributed by atoms with E-state index in [1.165, 1.54) is 11.1 Å². The maximum absolute atomic E-state index is 6.02. The van der Waals surface area contributed by atoms with Crippen LogP contribution in [0.1, 0.15) is 36.4 Å². The molecule has 0 bridgehead atoms. The van der Waals surface area contributed by atoms with E-state index in [-0.39, 0.29) is 0 Å². The minimum Gasteiger partial charge on any atom is -0.313 e. The summed E-state index contributed by atoms with van der Waals surface area (Å²) in [6.07, 6.45) is 8.17. The van der Waals surface area contributed by atoms with E-state index in [1.54, 1.807) is 0 Å². The second-order valence-electron chi connectivity index (χ2n) is 3.94. The number of terminal acetylenes is 1. The van der Waals surface area contributed by atoms with E-state index >= 15 is 0 Å². The van der Waals surface area contributed by atoms with E-state index in [9.17, 15) is 0 Å². The van der Waals surface area contributed by atoms with Gasteiger partial charge in [0.15, 0.2) is 0 Å². The lowest BCUT2D eigenvalue weighted by Crippen LogP contribution is -2.17. The van der Waals surface area contributed by atoms with Crippen LogP contribution < -0.4 is 5.32 Å². The standard InChI is InChI=1S/C14H18ClN/c1-4-5-6-7-14(16-3)13-10-12(15)9-8-11(13)2/h1,8-10,14,16H,5-7H2,2-3H3. The van der Waals surface area contributed by atoms with Crippen molar-refractivity contribution in [1.82, 2.24) is 5.32 Å². The third kappa shape index (κ3) is 3.56. The third-order valence-electron chi connectivity index (χ3n) is 2.78.